The van der Waals surface area contributed by atoms with Gasteiger partial charge in [-0.05, 0) is 18.2 Å². The van der Waals surface area contributed by atoms with Crippen molar-refractivity contribution in [2.45, 2.75) is 12.4 Å². The number of rotatable bonds is 3. The van der Waals surface area contributed by atoms with Crippen LogP contribution in [0.4, 0.5) is 13.2 Å². The number of nitrogens with zero attached hydrogens (tertiary/aromatic N) is 1. The lowest BCUT2D eigenvalue weighted by atomic mass is 10.1. The van der Waals surface area contributed by atoms with Crippen LogP contribution in [-0.4, -0.2) is 43.3 Å². The Morgan fingerprint density at radius 2 is 2.11 bits per heavy atom. The minimum Gasteiger partial charge on any atom is -0.406 e. The second-order valence-electron chi connectivity index (χ2n) is 4.30. The van der Waals surface area contributed by atoms with Gasteiger partial charge in [0.1, 0.15) is 5.75 Å². The van der Waals surface area contributed by atoms with E-state index in [2.05, 4.69) is 10.1 Å². The highest BCUT2D eigenvalue weighted by Crippen LogP contribution is 2.24. The van der Waals surface area contributed by atoms with Crippen molar-refractivity contribution in [1.82, 2.24) is 10.2 Å². The molecule has 0 aliphatic carbocycles. The van der Waals surface area contributed by atoms with Crippen LogP contribution in [0.1, 0.15) is 10.4 Å². The number of carbonyl (C=O) groups excluding carboxylic acids is 1. The van der Waals surface area contributed by atoms with E-state index in [9.17, 15) is 18.0 Å². The van der Waals surface area contributed by atoms with Crippen molar-refractivity contribution in [3.05, 3.63) is 29.8 Å². The second kappa shape index (κ2) is 5.08. The normalized spacial score (nSPS) is 15.8. The lowest BCUT2D eigenvalue weighted by Crippen LogP contribution is -2.57. The van der Waals surface area contributed by atoms with E-state index in [1.165, 1.54) is 17.0 Å². The van der Waals surface area contributed by atoms with Gasteiger partial charge in [0.25, 0.3) is 5.91 Å². The molecule has 1 aliphatic rings. The van der Waals surface area contributed by atoms with Gasteiger partial charge in [0.05, 0.1) is 6.04 Å². The van der Waals surface area contributed by atoms with Gasteiger partial charge in [-0.3, -0.25) is 4.79 Å². The Morgan fingerprint density at radius 3 is 2.63 bits per heavy atom. The van der Waals surface area contributed by atoms with Crippen LogP contribution in [0.15, 0.2) is 24.3 Å². The van der Waals surface area contributed by atoms with Gasteiger partial charge in [-0.15, -0.1) is 13.2 Å². The molecule has 0 bridgehead atoms. The number of halogens is 3. The maximum absolute atomic E-state index is 12.1. The summed E-state index contributed by atoms with van der Waals surface area (Å²) in [5.41, 5.74) is 0.177. The molecule has 0 spiro atoms. The van der Waals surface area contributed by atoms with E-state index in [4.69, 9.17) is 0 Å². The van der Waals surface area contributed by atoms with Gasteiger partial charge in [0.2, 0.25) is 0 Å². The molecule has 1 N–H and O–H groups in total. The first-order valence-electron chi connectivity index (χ1n) is 5.70. The maximum atomic E-state index is 12.1. The first-order valence-corrected chi connectivity index (χ1v) is 5.70. The Kier molecular flexibility index (Phi) is 3.66. The molecule has 1 aromatic carbocycles. The fraction of sp³-hybridized carbons (Fsp3) is 0.417. The minimum atomic E-state index is -4.76. The van der Waals surface area contributed by atoms with Crippen LogP contribution < -0.4 is 10.1 Å². The zero-order valence-corrected chi connectivity index (χ0v) is 10.2. The van der Waals surface area contributed by atoms with E-state index >= 15 is 0 Å². The van der Waals surface area contributed by atoms with Gasteiger partial charge in [0.15, 0.2) is 0 Å². The number of nitrogens with one attached hydrogen (secondary N) is 1. The predicted octanol–water partition coefficient (Wildman–Crippen LogP) is 1.63. The quantitative estimate of drug-likeness (QED) is 0.911. The lowest BCUT2D eigenvalue weighted by molar-refractivity contribution is -0.274. The largest absolute Gasteiger partial charge is 0.573 e. The standard InChI is InChI=1S/C12H13F3N2O2/c1-17(9-6-16-7-9)11(18)8-3-2-4-10(5-8)19-12(13,14)15/h2-5,9,16H,6-7H2,1H3. The summed E-state index contributed by atoms with van der Waals surface area (Å²) >= 11 is 0. The number of carbonyl (C=O) groups is 1. The van der Waals surface area contributed by atoms with Crippen molar-refractivity contribution < 1.29 is 22.7 Å². The molecule has 0 aromatic heterocycles. The van der Waals surface area contributed by atoms with Crippen molar-refractivity contribution in [2.24, 2.45) is 0 Å². The molecule has 0 atom stereocenters. The first kappa shape index (κ1) is 13.7. The number of amides is 1. The molecule has 1 saturated heterocycles. The van der Waals surface area contributed by atoms with Gasteiger partial charge in [-0.1, -0.05) is 6.07 Å². The third-order valence-corrected chi connectivity index (χ3v) is 2.94. The number of hydrogen-bond donors (Lipinski definition) is 1. The van der Waals surface area contributed by atoms with Crippen molar-refractivity contribution in [2.75, 3.05) is 20.1 Å². The van der Waals surface area contributed by atoms with Gasteiger partial charge in [-0.25, -0.2) is 0 Å². The zero-order chi connectivity index (χ0) is 14.0. The average molecular weight is 274 g/mol. The third-order valence-electron chi connectivity index (χ3n) is 2.94. The van der Waals surface area contributed by atoms with E-state index in [0.29, 0.717) is 13.1 Å². The molecule has 0 unspecified atom stereocenters. The van der Waals surface area contributed by atoms with E-state index < -0.39 is 12.1 Å². The van der Waals surface area contributed by atoms with E-state index in [1.807, 2.05) is 0 Å². The molecule has 1 aromatic rings. The summed E-state index contributed by atoms with van der Waals surface area (Å²) in [6, 6.07) is 5.17. The summed E-state index contributed by atoms with van der Waals surface area (Å²) in [6.45, 7) is 1.39. The van der Waals surface area contributed by atoms with Gasteiger partial charge >= 0.3 is 6.36 Å². The van der Waals surface area contributed by atoms with Crippen LogP contribution in [0.25, 0.3) is 0 Å². The fourth-order valence-corrected chi connectivity index (χ4v) is 1.74. The topological polar surface area (TPSA) is 41.6 Å². The molecule has 0 saturated carbocycles. The second-order valence-corrected chi connectivity index (χ2v) is 4.30. The van der Waals surface area contributed by atoms with Crippen molar-refractivity contribution in [1.29, 1.82) is 0 Å². The monoisotopic (exact) mass is 274 g/mol. The van der Waals surface area contributed by atoms with Gasteiger partial charge in [-0.2, -0.15) is 0 Å². The summed E-state index contributed by atoms with van der Waals surface area (Å²) in [5.74, 6) is -0.711. The Balaban J connectivity index is 2.11. The van der Waals surface area contributed by atoms with Crippen molar-refractivity contribution in [3.8, 4) is 5.75 Å². The molecule has 1 heterocycles. The number of benzene rings is 1. The average Bonchev–Trinajstić information content (AvgIpc) is 2.23. The number of hydrogen-bond acceptors (Lipinski definition) is 3. The predicted molar refractivity (Wildman–Crippen MR) is 61.9 cm³/mol. The minimum absolute atomic E-state index is 0.0830. The summed E-state index contributed by atoms with van der Waals surface area (Å²) < 4.78 is 40.1. The third kappa shape index (κ3) is 3.37. The molecule has 2 rings (SSSR count). The Morgan fingerprint density at radius 1 is 1.42 bits per heavy atom. The smallest absolute Gasteiger partial charge is 0.406 e. The zero-order valence-electron chi connectivity index (χ0n) is 10.2. The van der Waals surface area contributed by atoms with Gasteiger partial charge < -0.3 is 15.0 Å². The molecule has 4 nitrogen and oxygen atoms in total. The number of alkyl halides is 3. The van der Waals surface area contributed by atoms with Crippen LogP contribution >= 0.6 is 0 Å². The molecule has 0 radical (unpaired) electrons. The summed E-state index contributed by atoms with van der Waals surface area (Å²) in [6.07, 6.45) is -4.76. The van der Waals surface area contributed by atoms with E-state index in [1.54, 1.807) is 7.05 Å². The molecule has 1 amide bonds. The fourth-order valence-electron chi connectivity index (χ4n) is 1.74. The highest BCUT2D eigenvalue weighted by molar-refractivity contribution is 5.94. The lowest BCUT2D eigenvalue weighted by Gasteiger charge is -2.35. The van der Waals surface area contributed by atoms with Crippen molar-refractivity contribution >= 4 is 5.91 Å². The van der Waals surface area contributed by atoms with Crippen LogP contribution in [0.5, 0.6) is 5.75 Å². The maximum Gasteiger partial charge on any atom is 0.573 e. The Labute approximate surface area is 108 Å². The van der Waals surface area contributed by atoms with E-state index in [0.717, 1.165) is 12.1 Å². The molecular weight excluding hydrogens is 261 g/mol. The van der Waals surface area contributed by atoms with Crippen LogP contribution in [0.2, 0.25) is 0 Å². The highest BCUT2D eigenvalue weighted by Gasteiger charge is 2.31. The Hall–Kier alpha value is -1.76. The molecule has 104 valence electrons. The molecule has 19 heavy (non-hydrogen) atoms. The van der Waals surface area contributed by atoms with Crippen LogP contribution in [0.3, 0.4) is 0 Å². The number of ether oxygens (including phenoxy) is 1. The summed E-state index contributed by atoms with van der Waals surface area (Å²) in [5, 5.41) is 3.02. The first-order chi connectivity index (χ1) is 8.87. The summed E-state index contributed by atoms with van der Waals surface area (Å²) in [4.78, 5) is 13.6. The highest BCUT2D eigenvalue weighted by atomic mass is 19.4. The number of likely N-dealkylation sites (N-methyl/N-ethyl adjacent to an activating group) is 1. The van der Waals surface area contributed by atoms with Gasteiger partial charge in [0, 0.05) is 25.7 Å². The molecule has 7 heteroatoms. The van der Waals surface area contributed by atoms with E-state index in [-0.39, 0.29) is 17.5 Å². The van der Waals surface area contributed by atoms with Crippen LogP contribution in [0, 0.1) is 0 Å². The molecule has 1 aliphatic heterocycles. The summed E-state index contributed by atoms with van der Waals surface area (Å²) in [7, 11) is 1.63. The molecular formula is C12H13F3N2O2. The molecule has 1 fully saturated rings. The SMILES string of the molecule is CN(C(=O)c1cccc(OC(F)(F)F)c1)C1CNC1. The Bertz CT molecular complexity index is 472. The van der Waals surface area contributed by atoms with Crippen molar-refractivity contribution in [3.63, 3.8) is 0 Å². The van der Waals surface area contributed by atoms with Crippen LogP contribution in [-0.2, 0) is 0 Å².